The van der Waals surface area contributed by atoms with Gasteiger partial charge in [-0.3, -0.25) is 14.2 Å². The molecule has 0 radical (unpaired) electrons. The molecular formula is C28H28N2O3. The van der Waals surface area contributed by atoms with E-state index in [1.165, 1.54) is 11.1 Å². The van der Waals surface area contributed by atoms with Gasteiger partial charge in [-0.15, -0.1) is 0 Å². The average Bonchev–Trinajstić information content (AvgIpc) is 2.84. The molecule has 0 bridgehead atoms. The molecule has 0 unspecified atom stereocenters. The topological polar surface area (TPSA) is 60.3 Å². The summed E-state index contributed by atoms with van der Waals surface area (Å²) in [7, 11) is 1.59. The minimum absolute atomic E-state index is 0.0481. The number of pyridine rings is 1. The third-order valence-electron chi connectivity index (χ3n) is 5.82. The number of carbonyl (C=O) groups excluding carboxylic acids is 1. The predicted octanol–water partition coefficient (Wildman–Crippen LogP) is 4.42. The highest BCUT2D eigenvalue weighted by Gasteiger charge is 2.14. The van der Waals surface area contributed by atoms with Gasteiger partial charge in [0.25, 0.3) is 5.56 Å². The first kappa shape index (κ1) is 22.3. The molecule has 0 saturated heterocycles. The summed E-state index contributed by atoms with van der Waals surface area (Å²) in [4.78, 5) is 26.2. The van der Waals surface area contributed by atoms with Crippen LogP contribution in [-0.2, 0) is 30.7 Å². The number of hydrogen-bond donors (Lipinski definition) is 1. The van der Waals surface area contributed by atoms with Crippen molar-refractivity contribution in [2.45, 2.75) is 32.9 Å². The van der Waals surface area contributed by atoms with E-state index in [-0.39, 0.29) is 18.0 Å². The van der Waals surface area contributed by atoms with E-state index < -0.39 is 0 Å². The van der Waals surface area contributed by atoms with Crippen molar-refractivity contribution in [1.29, 1.82) is 0 Å². The van der Waals surface area contributed by atoms with Crippen LogP contribution in [0.4, 0.5) is 0 Å². The van der Waals surface area contributed by atoms with Gasteiger partial charge in [0.1, 0.15) is 12.3 Å². The summed E-state index contributed by atoms with van der Waals surface area (Å²) in [5.74, 6) is 0.440. The number of benzene rings is 3. The zero-order valence-corrected chi connectivity index (χ0v) is 19.0. The Bertz CT molecular complexity index is 1310. The fourth-order valence-corrected chi connectivity index (χ4v) is 3.90. The van der Waals surface area contributed by atoms with Crippen LogP contribution in [0.3, 0.4) is 0 Å². The SMILES string of the molecule is COc1ccc2cc(CCc3ccccc3)c(=O)n(CC(=O)NCc3ccc(C)cc3)c2c1. The van der Waals surface area contributed by atoms with Gasteiger partial charge in [0, 0.05) is 18.2 Å². The van der Waals surface area contributed by atoms with Gasteiger partial charge in [0.15, 0.2) is 0 Å². The first-order valence-corrected chi connectivity index (χ1v) is 11.1. The number of hydrogen-bond acceptors (Lipinski definition) is 3. The van der Waals surface area contributed by atoms with Gasteiger partial charge >= 0.3 is 0 Å². The summed E-state index contributed by atoms with van der Waals surface area (Å²) < 4.78 is 6.91. The second-order valence-electron chi connectivity index (χ2n) is 8.23. The van der Waals surface area contributed by atoms with Crippen LogP contribution in [0.15, 0.2) is 83.7 Å². The lowest BCUT2D eigenvalue weighted by molar-refractivity contribution is -0.121. The maximum Gasteiger partial charge on any atom is 0.254 e. The Labute approximate surface area is 193 Å². The van der Waals surface area contributed by atoms with Gasteiger partial charge in [-0.1, -0.05) is 60.2 Å². The van der Waals surface area contributed by atoms with Gasteiger partial charge < -0.3 is 10.1 Å². The zero-order chi connectivity index (χ0) is 23.2. The number of nitrogens with one attached hydrogen (secondary N) is 1. The summed E-state index contributed by atoms with van der Waals surface area (Å²) in [5, 5.41) is 3.84. The quantitative estimate of drug-likeness (QED) is 0.441. The van der Waals surface area contributed by atoms with Crippen LogP contribution in [-0.4, -0.2) is 17.6 Å². The molecule has 0 fully saturated rings. The molecule has 0 aliphatic rings. The molecule has 1 aromatic heterocycles. The summed E-state index contributed by atoms with van der Waals surface area (Å²) >= 11 is 0. The van der Waals surface area contributed by atoms with E-state index >= 15 is 0 Å². The maximum atomic E-state index is 13.4. The molecule has 0 aliphatic heterocycles. The maximum absolute atomic E-state index is 13.4. The van der Waals surface area contributed by atoms with Gasteiger partial charge in [0.05, 0.1) is 12.6 Å². The van der Waals surface area contributed by atoms with Gasteiger partial charge in [-0.05, 0) is 54.5 Å². The fraction of sp³-hybridized carbons (Fsp3) is 0.214. The van der Waals surface area contributed by atoms with Gasteiger partial charge in [-0.2, -0.15) is 0 Å². The molecule has 5 nitrogen and oxygen atoms in total. The van der Waals surface area contributed by atoms with Crippen molar-refractivity contribution in [2.24, 2.45) is 0 Å². The number of fused-ring (bicyclic) bond motifs is 1. The molecule has 4 rings (SSSR count). The van der Waals surface area contributed by atoms with Crippen LogP contribution in [0, 0.1) is 6.92 Å². The summed E-state index contributed by atoms with van der Waals surface area (Å²) in [6.07, 6.45) is 1.37. The normalized spacial score (nSPS) is 10.8. The van der Waals surface area contributed by atoms with Crippen LogP contribution in [0.5, 0.6) is 5.75 Å². The Kier molecular flexibility index (Phi) is 6.89. The zero-order valence-electron chi connectivity index (χ0n) is 19.0. The van der Waals surface area contributed by atoms with Crippen LogP contribution in [0.1, 0.15) is 22.3 Å². The number of aromatic nitrogens is 1. The highest BCUT2D eigenvalue weighted by Crippen LogP contribution is 2.21. The van der Waals surface area contributed by atoms with E-state index in [9.17, 15) is 9.59 Å². The number of methoxy groups -OCH3 is 1. The van der Waals surface area contributed by atoms with E-state index in [1.807, 2.05) is 73.7 Å². The van der Waals surface area contributed by atoms with Crippen molar-refractivity contribution in [3.05, 3.63) is 111 Å². The Morgan fingerprint density at radius 1 is 0.909 bits per heavy atom. The second kappa shape index (κ2) is 10.2. The highest BCUT2D eigenvalue weighted by atomic mass is 16.5. The Balaban J connectivity index is 1.60. The highest BCUT2D eigenvalue weighted by molar-refractivity contribution is 5.84. The van der Waals surface area contributed by atoms with Crippen molar-refractivity contribution in [3.8, 4) is 5.75 Å². The summed E-state index contributed by atoms with van der Waals surface area (Å²) in [6, 6.07) is 25.7. The van der Waals surface area contributed by atoms with Crippen molar-refractivity contribution >= 4 is 16.8 Å². The minimum Gasteiger partial charge on any atom is -0.497 e. The molecule has 0 aliphatic carbocycles. The van der Waals surface area contributed by atoms with Crippen molar-refractivity contribution < 1.29 is 9.53 Å². The Hall–Kier alpha value is -3.86. The fourth-order valence-electron chi connectivity index (χ4n) is 3.90. The van der Waals surface area contributed by atoms with E-state index in [4.69, 9.17) is 4.74 Å². The summed E-state index contributed by atoms with van der Waals surface area (Å²) in [6.45, 7) is 2.40. The number of rotatable bonds is 8. The van der Waals surface area contributed by atoms with Gasteiger partial charge in [-0.25, -0.2) is 0 Å². The number of aryl methyl sites for hydroxylation is 3. The first-order chi connectivity index (χ1) is 16.0. The van der Waals surface area contributed by atoms with E-state index in [0.717, 1.165) is 17.4 Å². The van der Waals surface area contributed by atoms with Crippen LogP contribution >= 0.6 is 0 Å². The molecule has 3 aromatic carbocycles. The van der Waals surface area contributed by atoms with Crippen molar-refractivity contribution in [2.75, 3.05) is 7.11 Å². The average molecular weight is 441 g/mol. The van der Waals surface area contributed by atoms with E-state index in [0.29, 0.717) is 29.8 Å². The molecule has 0 spiro atoms. The second-order valence-corrected chi connectivity index (χ2v) is 8.23. The molecular weight excluding hydrogens is 412 g/mol. The smallest absolute Gasteiger partial charge is 0.254 e. The molecule has 5 heteroatoms. The molecule has 0 atom stereocenters. The largest absolute Gasteiger partial charge is 0.497 e. The van der Waals surface area contributed by atoms with E-state index in [2.05, 4.69) is 17.4 Å². The predicted molar refractivity (Wildman–Crippen MR) is 132 cm³/mol. The third-order valence-corrected chi connectivity index (χ3v) is 5.82. The molecule has 4 aromatic rings. The molecule has 1 amide bonds. The number of amides is 1. The molecule has 1 heterocycles. The van der Waals surface area contributed by atoms with Gasteiger partial charge in [0.2, 0.25) is 5.91 Å². The third kappa shape index (κ3) is 5.50. The lowest BCUT2D eigenvalue weighted by Crippen LogP contribution is -2.33. The van der Waals surface area contributed by atoms with Crippen molar-refractivity contribution in [1.82, 2.24) is 9.88 Å². The lowest BCUT2D eigenvalue weighted by Gasteiger charge is -2.14. The van der Waals surface area contributed by atoms with Crippen LogP contribution < -0.4 is 15.6 Å². The minimum atomic E-state index is -0.206. The molecule has 1 N–H and O–H groups in total. The molecule has 33 heavy (non-hydrogen) atoms. The summed E-state index contributed by atoms with van der Waals surface area (Å²) in [5.41, 5.74) is 4.61. The first-order valence-electron chi connectivity index (χ1n) is 11.1. The Morgan fingerprint density at radius 3 is 2.39 bits per heavy atom. The van der Waals surface area contributed by atoms with Crippen LogP contribution in [0.2, 0.25) is 0 Å². The van der Waals surface area contributed by atoms with Crippen molar-refractivity contribution in [3.63, 3.8) is 0 Å². The number of carbonyl (C=O) groups is 1. The van der Waals surface area contributed by atoms with Crippen LogP contribution in [0.25, 0.3) is 10.9 Å². The monoisotopic (exact) mass is 440 g/mol. The molecule has 0 saturated carbocycles. The molecule has 168 valence electrons. The van der Waals surface area contributed by atoms with E-state index in [1.54, 1.807) is 11.7 Å². The standard InChI is InChI=1S/C28H28N2O3/c1-20-8-10-22(11-9-20)18-29-27(31)19-30-26-17-25(33-2)15-14-23(26)16-24(28(30)32)13-12-21-6-4-3-5-7-21/h3-11,14-17H,12-13,18-19H2,1-2H3,(H,29,31). The number of nitrogens with zero attached hydrogens (tertiary/aromatic N) is 1. The Morgan fingerprint density at radius 2 is 1.67 bits per heavy atom. The number of ether oxygens (including phenoxy) is 1. The lowest BCUT2D eigenvalue weighted by atomic mass is 10.0.